The van der Waals surface area contributed by atoms with Crippen LogP contribution >= 0.6 is 0 Å². The van der Waals surface area contributed by atoms with Gasteiger partial charge < -0.3 is 10.2 Å². The summed E-state index contributed by atoms with van der Waals surface area (Å²) in [5, 5.41) is 3.34. The van der Waals surface area contributed by atoms with E-state index in [4.69, 9.17) is 0 Å². The number of hydrogen-bond donors (Lipinski definition) is 1. The van der Waals surface area contributed by atoms with Gasteiger partial charge in [-0.1, -0.05) is 32.9 Å². The molecular formula is C14H23FN2. The Morgan fingerprint density at radius 1 is 1.35 bits per heavy atom. The van der Waals surface area contributed by atoms with Crippen molar-refractivity contribution in [1.82, 2.24) is 10.2 Å². The summed E-state index contributed by atoms with van der Waals surface area (Å²) >= 11 is 0. The fraction of sp³-hybridized carbons (Fsp3) is 0.571. The molecule has 1 N–H and O–H groups in total. The minimum absolute atomic E-state index is 0.112. The number of nitrogens with zero attached hydrogens (tertiary/aromatic N) is 1. The third-order valence-electron chi connectivity index (χ3n) is 2.80. The van der Waals surface area contributed by atoms with E-state index in [0.717, 1.165) is 24.2 Å². The molecule has 0 atom stereocenters. The average molecular weight is 238 g/mol. The van der Waals surface area contributed by atoms with Crippen molar-refractivity contribution >= 4 is 0 Å². The SMILES string of the molecule is CCN(C)Cc1cc(CNC(C)C)ccc1F. The van der Waals surface area contributed by atoms with Crippen molar-refractivity contribution in [3.63, 3.8) is 0 Å². The zero-order chi connectivity index (χ0) is 12.8. The van der Waals surface area contributed by atoms with Crippen LogP contribution in [0.3, 0.4) is 0 Å². The summed E-state index contributed by atoms with van der Waals surface area (Å²) in [6.45, 7) is 8.67. The minimum atomic E-state index is -0.112. The van der Waals surface area contributed by atoms with Gasteiger partial charge in [0.05, 0.1) is 0 Å². The van der Waals surface area contributed by atoms with E-state index in [1.54, 1.807) is 6.07 Å². The van der Waals surface area contributed by atoms with Crippen molar-refractivity contribution in [2.24, 2.45) is 0 Å². The van der Waals surface area contributed by atoms with Crippen LogP contribution in [-0.2, 0) is 13.1 Å². The molecule has 0 saturated carbocycles. The molecule has 0 saturated heterocycles. The van der Waals surface area contributed by atoms with Gasteiger partial charge in [-0.15, -0.1) is 0 Å². The van der Waals surface area contributed by atoms with Crippen molar-refractivity contribution in [1.29, 1.82) is 0 Å². The lowest BCUT2D eigenvalue weighted by Crippen LogP contribution is -2.22. The molecule has 2 nitrogen and oxygen atoms in total. The van der Waals surface area contributed by atoms with Crippen LogP contribution in [0.2, 0.25) is 0 Å². The van der Waals surface area contributed by atoms with Crippen LogP contribution in [0.4, 0.5) is 4.39 Å². The number of hydrogen-bond acceptors (Lipinski definition) is 2. The Morgan fingerprint density at radius 3 is 2.65 bits per heavy atom. The van der Waals surface area contributed by atoms with E-state index in [0.29, 0.717) is 12.6 Å². The van der Waals surface area contributed by atoms with E-state index in [9.17, 15) is 4.39 Å². The van der Waals surface area contributed by atoms with Gasteiger partial charge in [0.15, 0.2) is 0 Å². The van der Waals surface area contributed by atoms with Crippen LogP contribution in [0, 0.1) is 5.82 Å². The van der Waals surface area contributed by atoms with Gasteiger partial charge in [-0.05, 0) is 25.2 Å². The topological polar surface area (TPSA) is 15.3 Å². The van der Waals surface area contributed by atoms with Gasteiger partial charge in [0, 0.05) is 24.7 Å². The molecule has 0 amide bonds. The van der Waals surface area contributed by atoms with E-state index in [1.165, 1.54) is 0 Å². The lowest BCUT2D eigenvalue weighted by atomic mass is 10.1. The molecule has 96 valence electrons. The predicted octanol–water partition coefficient (Wildman–Crippen LogP) is 2.78. The van der Waals surface area contributed by atoms with Crippen molar-refractivity contribution in [2.45, 2.75) is 39.9 Å². The molecule has 0 spiro atoms. The van der Waals surface area contributed by atoms with Crippen molar-refractivity contribution in [3.05, 3.63) is 35.1 Å². The first-order valence-corrected chi connectivity index (χ1v) is 6.22. The van der Waals surface area contributed by atoms with Gasteiger partial charge in [-0.2, -0.15) is 0 Å². The van der Waals surface area contributed by atoms with Crippen molar-refractivity contribution in [2.75, 3.05) is 13.6 Å². The Labute approximate surface area is 104 Å². The molecule has 1 rings (SSSR count). The molecule has 0 bridgehead atoms. The van der Waals surface area contributed by atoms with E-state index >= 15 is 0 Å². The lowest BCUT2D eigenvalue weighted by Gasteiger charge is -2.15. The first-order chi connectivity index (χ1) is 8.02. The molecule has 0 aliphatic heterocycles. The second-order valence-corrected chi connectivity index (χ2v) is 4.79. The summed E-state index contributed by atoms with van der Waals surface area (Å²) in [5.74, 6) is -0.112. The highest BCUT2D eigenvalue weighted by atomic mass is 19.1. The molecule has 3 heteroatoms. The molecule has 0 unspecified atom stereocenters. The molecule has 17 heavy (non-hydrogen) atoms. The summed E-state index contributed by atoms with van der Waals surface area (Å²) in [5.41, 5.74) is 1.91. The van der Waals surface area contributed by atoms with E-state index in [2.05, 4.69) is 31.0 Å². The van der Waals surface area contributed by atoms with Gasteiger partial charge in [-0.25, -0.2) is 4.39 Å². The Kier molecular flexibility index (Phi) is 5.59. The molecule has 0 heterocycles. The summed E-state index contributed by atoms with van der Waals surface area (Å²) in [4.78, 5) is 2.10. The third kappa shape index (κ3) is 4.84. The smallest absolute Gasteiger partial charge is 0.127 e. The van der Waals surface area contributed by atoms with Crippen LogP contribution in [0.5, 0.6) is 0 Å². The van der Waals surface area contributed by atoms with Crippen LogP contribution in [0.1, 0.15) is 31.9 Å². The Morgan fingerprint density at radius 2 is 2.06 bits per heavy atom. The largest absolute Gasteiger partial charge is 0.310 e. The van der Waals surface area contributed by atoms with Crippen LogP contribution in [0.25, 0.3) is 0 Å². The highest BCUT2D eigenvalue weighted by molar-refractivity contribution is 5.25. The Balaban J connectivity index is 2.72. The number of benzene rings is 1. The molecular weight excluding hydrogens is 215 g/mol. The summed E-state index contributed by atoms with van der Waals surface area (Å²) in [7, 11) is 2.00. The molecule has 0 aliphatic rings. The highest BCUT2D eigenvalue weighted by Crippen LogP contribution is 2.12. The Hall–Kier alpha value is -0.930. The van der Waals surface area contributed by atoms with E-state index in [1.807, 2.05) is 19.2 Å². The maximum absolute atomic E-state index is 13.6. The summed E-state index contributed by atoms with van der Waals surface area (Å²) in [6.07, 6.45) is 0. The maximum Gasteiger partial charge on any atom is 0.127 e. The zero-order valence-electron chi connectivity index (χ0n) is 11.3. The number of nitrogens with one attached hydrogen (secondary N) is 1. The van der Waals surface area contributed by atoms with Gasteiger partial charge in [0.25, 0.3) is 0 Å². The molecule has 0 aromatic heterocycles. The monoisotopic (exact) mass is 238 g/mol. The fourth-order valence-electron chi connectivity index (χ4n) is 1.58. The fourth-order valence-corrected chi connectivity index (χ4v) is 1.58. The first-order valence-electron chi connectivity index (χ1n) is 6.22. The summed E-state index contributed by atoms with van der Waals surface area (Å²) < 4.78 is 13.6. The van der Waals surface area contributed by atoms with Crippen LogP contribution < -0.4 is 5.32 Å². The van der Waals surface area contributed by atoms with Gasteiger partial charge >= 0.3 is 0 Å². The van der Waals surface area contributed by atoms with E-state index < -0.39 is 0 Å². The van der Waals surface area contributed by atoms with Gasteiger partial charge in [0.2, 0.25) is 0 Å². The Bertz CT molecular complexity index is 350. The minimum Gasteiger partial charge on any atom is -0.310 e. The maximum atomic E-state index is 13.6. The van der Waals surface area contributed by atoms with Crippen LogP contribution in [-0.4, -0.2) is 24.5 Å². The predicted molar refractivity (Wildman–Crippen MR) is 70.4 cm³/mol. The normalized spacial score (nSPS) is 11.5. The molecule has 0 radical (unpaired) electrons. The average Bonchev–Trinajstić information content (AvgIpc) is 2.29. The quantitative estimate of drug-likeness (QED) is 0.820. The standard InChI is InChI=1S/C14H23FN2/c1-5-17(4)10-13-8-12(6-7-14(13)15)9-16-11(2)3/h6-8,11,16H,5,9-10H2,1-4H3. The molecule has 1 aromatic carbocycles. The lowest BCUT2D eigenvalue weighted by molar-refractivity contribution is 0.339. The first kappa shape index (κ1) is 14.1. The third-order valence-corrected chi connectivity index (χ3v) is 2.80. The molecule has 1 aromatic rings. The molecule has 0 aliphatic carbocycles. The van der Waals surface area contributed by atoms with Gasteiger partial charge in [0.1, 0.15) is 5.82 Å². The van der Waals surface area contributed by atoms with Crippen molar-refractivity contribution < 1.29 is 4.39 Å². The van der Waals surface area contributed by atoms with Crippen LogP contribution in [0.15, 0.2) is 18.2 Å². The highest BCUT2D eigenvalue weighted by Gasteiger charge is 2.06. The summed E-state index contributed by atoms with van der Waals surface area (Å²) in [6, 6.07) is 5.81. The second-order valence-electron chi connectivity index (χ2n) is 4.79. The molecule has 0 fully saturated rings. The second kappa shape index (κ2) is 6.72. The number of rotatable bonds is 6. The van der Waals surface area contributed by atoms with Gasteiger partial charge in [-0.3, -0.25) is 0 Å². The zero-order valence-corrected chi connectivity index (χ0v) is 11.3. The van der Waals surface area contributed by atoms with Crippen molar-refractivity contribution in [3.8, 4) is 0 Å². The van der Waals surface area contributed by atoms with E-state index in [-0.39, 0.29) is 5.82 Å². The number of halogens is 1.